The minimum absolute atomic E-state index is 0.0239. The first-order chi connectivity index (χ1) is 12.0. The number of nitrogens with zero attached hydrogens (tertiary/aromatic N) is 1. The van der Waals surface area contributed by atoms with Crippen molar-refractivity contribution < 1.29 is 24.0 Å². The first kappa shape index (κ1) is 21.6. The van der Waals surface area contributed by atoms with Crippen LogP contribution in [-0.2, 0) is 19.1 Å². The van der Waals surface area contributed by atoms with Crippen LogP contribution in [0.3, 0.4) is 0 Å². The van der Waals surface area contributed by atoms with Gasteiger partial charge >= 0.3 is 5.97 Å². The molecule has 9 heteroatoms. The maximum absolute atomic E-state index is 12.3. The number of methoxy groups -OCH3 is 1. The number of carbonyl (C=O) groups excluding carboxylic acids is 2. The van der Waals surface area contributed by atoms with Crippen LogP contribution in [0.4, 0.5) is 11.4 Å². The Kier molecular flexibility index (Phi) is 6.89. The molecule has 140 valence electrons. The van der Waals surface area contributed by atoms with Gasteiger partial charge in [-0.05, 0) is 49.5 Å². The summed E-state index contributed by atoms with van der Waals surface area (Å²) >= 11 is 3.29. The number of carbonyl (C=O) groups is 2. The first-order valence-corrected chi connectivity index (χ1v) is 8.22. The highest BCUT2D eigenvalue weighted by atomic mass is 79.9. The third kappa shape index (κ3) is 4.59. The maximum atomic E-state index is 12.3. The Balaban J connectivity index is 3.92. The summed E-state index contributed by atoms with van der Waals surface area (Å²) in [4.78, 5) is 33.8. The van der Waals surface area contributed by atoms with Gasteiger partial charge in [-0.25, -0.2) is 4.79 Å². The van der Waals surface area contributed by atoms with E-state index in [4.69, 9.17) is 15.2 Å². The van der Waals surface area contributed by atoms with Crippen molar-refractivity contribution in [3.8, 4) is 11.8 Å². The third-order valence-electron chi connectivity index (χ3n) is 3.33. The summed E-state index contributed by atoms with van der Waals surface area (Å²) in [5, 5.41) is 11.5. The minimum atomic E-state index is -1.26. The van der Waals surface area contributed by atoms with Crippen molar-refractivity contribution in [3.63, 3.8) is 0 Å². The second kappa shape index (κ2) is 8.29. The van der Waals surface area contributed by atoms with Crippen LogP contribution in [-0.4, -0.2) is 29.9 Å². The fraction of sp³-hybridized carbons (Fsp3) is 0.412. The lowest BCUT2D eigenvalue weighted by Crippen LogP contribution is -2.29. The number of hydrogen-bond donors (Lipinski definition) is 1. The number of aldehydes is 1. The zero-order valence-corrected chi connectivity index (χ0v) is 16.6. The second-order valence-corrected chi connectivity index (χ2v) is 7.06. The van der Waals surface area contributed by atoms with Gasteiger partial charge in [-0.15, -0.1) is 0 Å². The molecular formula is C17H19BrN2O6. The van der Waals surface area contributed by atoms with Crippen molar-refractivity contribution in [2.75, 3.05) is 12.8 Å². The minimum Gasteiger partial charge on any atom is -0.467 e. The average Bonchev–Trinajstić information content (AvgIpc) is 2.51. The van der Waals surface area contributed by atoms with Crippen LogP contribution in [0.15, 0.2) is 4.47 Å². The molecule has 0 saturated carbocycles. The lowest BCUT2D eigenvalue weighted by atomic mass is 9.96. The summed E-state index contributed by atoms with van der Waals surface area (Å²) in [6.45, 7) is 6.63. The number of nitrogens with two attached hydrogens (primary N) is 1. The highest BCUT2D eigenvalue weighted by molar-refractivity contribution is 9.10. The molecule has 0 radical (unpaired) electrons. The van der Waals surface area contributed by atoms with Crippen LogP contribution in [0.1, 0.15) is 43.6 Å². The SMILES string of the molecule is COC(=O)[C@@H](OC(C)(C)C)c1c(C)c([N+](=O)[O-])c(N)c(C#CC=O)c1Br. The molecule has 8 nitrogen and oxygen atoms in total. The van der Waals surface area contributed by atoms with Gasteiger partial charge in [0.1, 0.15) is 5.69 Å². The smallest absolute Gasteiger partial charge is 0.339 e. The van der Waals surface area contributed by atoms with E-state index in [0.717, 1.165) is 0 Å². The molecule has 0 amide bonds. The molecule has 0 aliphatic rings. The number of esters is 1. The molecule has 0 bridgehead atoms. The molecule has 26 heavy (non-hydrogen) atoms. The molecular weight excluding hydrogens is 408 g/mol. The number of rotatable bonds is 4. The number of nitro benzene ring substituents is 1. The zero-order chi connectivity index (χ0) is 20.2. The van der Waals surface area contributed by atoms with Gasteiger partial charge in [-0.3, -0.25) is 14.9 Å². The van der Waals surface area contributed by atoms with Gasteiger partial charge < -0.3 is 15.2 Å². The second-order valence-electron chi connectivity index (χ2n) is 6.27. The van der Waals surface area contributed by atoms with E-state index < -0.39 is 28.3 Å². The van der Waals surface area contributed by atoms with Crippen molar-refractivity contribution in [2.24, 2.45) is 0 Å². The molecule has 0 aliphatic heterocycles. The third-order valence-corrected chi connectivity index (χ3v) is 4.15. The predicted octanol–water partition coefficient (Wildman–Crippen LogP) is 2.83. The largest absolute Gasteiger partial charge is 0.467 e. The van der Waals surface area contributed by atoms with E-state index in [1.165, 1.54) is 14.0 Å². The molecule has 1 aromatic rings. The first-order valence-electron chi connectivity index (χ1n) is 7.42. The molecule has 0 fully saturated rings. The van der Waals surface area contributed by atoms with Crippen molar-refractivity contribution in [1.82, 2.24) is 0 Å². The summed E-state index contributed by atoms with van der Waals surface area (Å²) in [5.41, 5.74) is 4.83. The van der Waals surface area contributed by atoms with Crippen molar-refractivity contribution in [1.29, 1.82) is 0 Å². The highest BCUT2D eigenvalue weighted by Crippen LogP contribution is 2.43. The van der Waals surface area contributed by atoms with Gasteiger partial charge in [0.15, 0.2) is 12.4 Å². The quantitative estimate of drug-likeness (QED) is 0.196. The molecule has 0 spiro atoms. The summed E-state index contributed by atoms with van der Waals surface area (Å²) < 4.78 is 10.8. The van der Waals surface area contributed by atoms with Crippen LogP contribution in [0.25, 0.3) is 0 Å². The lowest BCUT2D eigenvalue weighted by Gasteiger charge is -2.28. The molecule has 0 unspecified atom stereocenters. The van der Waals surface area contributed by atoms with Gasteiger partial charge in [0.05, 0.1) is 23.2 Å². The monoisotopic (exact) mass is 426 g/mol. The van der Waals surface area contributed by atoms with Crippen LogP contribution >= 0.6 is 15.9 Å². The van der Waals surface area contributed by atoms with E-state index >= 15 is 0 Å². The molecule has 2 N–H and O–H groups in total. The van der Waals surface area contributed by atoms with Gasteiger partial charge in [0.25, 0.3) is 5.69 Å². The average molecular weight is 427 g/mol. The Morgan fingerprint density at radius 3 is 2.42 bits per heavy atom. The van der Waals surface area contributed by atoms with Crippen LogP contribution in [0.5, 0.6) is 0 Å². The standard InChI is InChI=1S/C17H19BrN2O6/c1-9-11(15(16(22)25-5)26-17(2,3)4)12(18)10(7-6-8-21)13(19)14(9)20(23)24/h8,15H,19H2,1-5H3/t15-/m0/s1. The molecule has 1 rings (SSSR count). The Morgan fingerprint density at radius 1 is 1.42 bits per heavy atom. The van der Waals surface area contributed by atoms with E-state index in [1.807, 2.05) is 0 Å². The topological polar surface area (TPSA) is 122 Å². The Hall–Kier alpha value is -2.44. The Morgan fingerprint density at radius 2 is 2.00 bits per heavy atom. The van der Waals surface area contributed by atoms with E-state index in [0.29, 0.717) is 6.29 Å². The van der Waals surface area contributed by atoms with Gasteiger partial charge in [-0.1, -0.05) is 5.92 Å². The molecule has 0 aromatic heterocycles. The number of ether oxygens (including phenoxy) is 2. The normalized spacial score (nSPS) is 11.9. The fourth-order valence-electron chi connectivity index (χ4n) is 2.32. The fourth-order valence-corrected chi connectivity index (χ4v) is 3.14. The molecule has 0 saturated heterocycles. The lowest BCUT2D eigenvalue weighted by molar-refractivity contribution is -0.384. The predicted molar refractivity (Wildman–Crippen MR) is 98.5 cm³/mol. The van der Waals surface area contributed by atoms with E-state index in [9.17, 15) is 19.7 Å². The van der Waals surface area contributed by atoms with Crippen molar-refractivity contribution >= 4 is 39.6 Å². The van der Waals surface area contributed by atoms with Gasteiger partial charge in [0.2, 0.25) is 0 Å². The maximum Gasteiger partial charge on any atom is 0.339 e. The van der Waals surface area contributed by atoms with Gasteiger partial charge in [0, 0.05) is 15.6 Å². The zero-order valence-electron chi connectivity index (χ0n) is 15.0. The Labute approximate surface area is 159 Å². The van der Waals surface area contributed by atoms with Crippen molar-refractivity contribution in [3.05, 3.63) is 31.3 Å². The number of hydrogen-bond acceptors (Lipinski definition) is 7. The molecule has 0 heterocycles. The van der Waals surface area contributed by atoms with E-state index in [1.54, 1.807) is 20.8 Å². The summed E-state index contributed by atoms with van der Waals surface area (Å²) in [6.07, 6.45) is -0.925. The van der Waals surface area contributed by atoms with Crippen LogP contribution in [0, 0.1) is 28.9 Å². The number of nitro groups is 1. The van der Waals surface area contributed by atoms with E-state index in [2.05, 4.69) is 27.8 Å². The number of nitrogen functional groups attached to an aromatic ring is 1. The van der Waals surface area contributed by atoms with Crippen molar-refractivity contribution in [2.45, 2.75) is 39.4 Å². The molecule has 0 aliphatic carbocycles. The number of anilines is 1. The van der Waals surface area contributed by atoms with Crippen LogP contribution < -0.4 is 5.73 Å². The number of halogens is 1. The Bertz CT molecular complexity index is 818. The summed E-state index contributed by atoms with van der Waals surface area (Å²) in [5.74, 6) is 3.90. The summed E-state index contributed by atoms with van der Waals surface area (Å²) in [6, 6.07) is 0. The number of benzene rings is 1. The van der Waals surface area contributed by atoms with Crippen LogP contribution in [0.2, 0.25) is 0 Å². The molecule has 1 aromatic carbocycles. The highest BCUT2D eigenvalue weighted by Gasteiger charge is 2.36. The van der Waals surface area contributed by atoms with Gasteiger partial charge in [-0.2, -0.15) is 0 Å². The van der Waals surface area contributed by atoms with E-state index in [-0.39, 0.29) is 26.9 Å². The summed E-state index contributed by atoms with van der Waals surface area (Å²) in [7, 11) is 1.18. The molecule has 1 atom stereocenters.